The molecule has 0 bridgehead atoms. The fraction of sp³-hybridized carbons (Fsp3) is 0. The lowest BCUT2D eigenvalue weighted by atomic mass is 10.3. The predicted octanol–water partition coefficient (Wildman–Crippen LogP) is 0.147. The van der Waals surface area contributed by atoms with Gasteiger partial charge in [0.15, 0.2) is 0 Å². The lowest BCUT2D eigenvalue weighted by Gasteiger charge is -2.05. The lowest BCUT2D eigenvalue weighted by Crippen LogP contribution is -2.17. The summed E-state index contributed by atoms with van der Waals surface area (Å²) in [4.78, 5) is 17.2. The average molecular weight is 262 g/mol. The quantitative estimate of drug-likeness (QED) is 0.708. The van der Waals surface area contributed by atoms with E-state index in [-0.39, 0.29) is 0 Å². The van der Waals surface area contributed by atoms with Crippen LogP contribution in [0, 0.1) is 10.7 Å². The van der Waals surface area contributed by atoms with Crippen molar-refractivity contribution in [3.05, 3.63) is 45.4 Å². The zero-order valence-corrected chi connectivity index (χ0v) is 10.4. The summed E-state index contributed by atoms with van der Waals surface area (Å²) < 4.78 is 0. The minimum Gasteiger partial charge on any atom is -0.331 e. The van der Waals surface area contributed by atoms with Crippen molar-refractivity contribution in [3.8, 4) is 0 Å². The molecule has 4 rings (SSSR count). The van der Waals surface area contributed by atoms with E-state index in [9.17, 15) is 0 Å². The molecule has 6 heteroatoms. The van der Waals surface area contributed by atoms with Crippen molar-refractivity contribution in [1.82, 2.24) is 9.97 Å². The minimum atomic E-state index is 0.790. The second-order valence-corrected chi connectivity index (χ2v) is 4.37. The van der Waals surface area contributed by atoms with E-state index in [1.54, 1.807) is 25.1 Å². The molecular weight excluding hydrogens is 252 g/mol. The second-order valence-electron chi connectivity index (χ2n) is 4.37. The average Bonchev–Trinajstić information content (AvgIpc) is 2.54. The summed E-state index contributed by atoms with van der Waals surface area (Å²) in [6, 6.07) is 7.83. The van der Waals surface area contributed by atoms with Crippen molar-refractivity contribution in [3.63, 3.8) is 0 Å². The number of nitrogens with zero attached hydrogens (tertiary/aromatic N) is 4. The largest absolute Gasteiger partial charge is 0.331 e. The molecule has 0 spiro atoms. The molecule has 0 aliphatic carbocycles. The van der Waals surface area contributed by atoms with Crippen LogP contribution >= 0.6 is 0 Å². The highest BCUT2D eigenvalue weighted by molar-refractivity contribution is 5.79. The Morgan fingerprint density at radius 2 is 1.15 bits per heavy atom. The first-order valence-corrected chi connectivity index (χ1v) is 6.15. The number of hydrogen-bond acceptors (Lipinski definition) is 6. The van der Waals surface area contributed by atoms with Crippen LogP contribution in [-0.2, 0) is 0 Å². The number of anilines is 2. The zero-order valence-electron chi connectivity index (χ0n) is 10.4. The van der Waals surface area contributed by atoms with Gasteiger partial charge < -0.3 is 10.6 Å². The molecule has 0 radical (unpaired) electrons. The maximum Gasteiger partial charge on any atom is 0.140 e. The number of aromatic nitrogens is 2. The highest BCUT2D eigenvalue weighted by Crippen LogP contribution is 2.01. The van der Waals surface area contributed by atoms with Crippen molar-refractivity contribution in [2.45, 2.75) is 0 Å². The SMILES string of the molecule is C1=NC=c2ccc(=c3ccc4c(n3)NC=NC=4)nc2N1. The third-order valence-corrected chi connectivity index (χ3v) is 3.09. The first-order valence-electron chi connectivity index (χ1n) is 6.15. The molecule has 4 heterocycles. The monoisotopic (exact) mass is 262 g/mol. The van der Waals surface area contributed by atoms with Gasteiger partial charge in [-0.3, -0.25) is 0 Å². The van der Waals surface area contributed by atoms with Gasteiger partial charge in [-0.25, -0.2) is 20.0 Å². The van der Waals surface area contributed by atoms with Gasteiger partial charge in [0, 0.05) is 22.8 Å². The van der Waals surface area contributed by atoms with Crippen LogP contribution in [0.2, 0.25) is 0 Å². The Labute approximate surface area is 113 Å². The summed E-state index contributed by atoms with van der Waals surface area (Å²) >= 11 is 0. The molecule has 2 aromatic heterocycles. The molecule has 6 nitrogen and oxygen atoms in total. The van der Waals surface area contributed by atoms with Gasteiger partial charge in [-0.15, -0.1) is 0 Å². The Kier molecular flexibility index (Phi) is 2.32. The number of pyridine rings is 2. The Bertz CT molecular complexity index is 879. The Morgan fingerprint density at radius 3 is 1.65 bits per heavy atom. The van der Waals surface area contributed by atoms with Gasteiger partial charge in [0.1, 0.15) is 11.6 Å². The zero-order chi connectivity index (χ0) is 13.4. The van der Waals surface area contributed by atoms with E-state index >= 15 is 0 Å². The van der Waals surface area contributed by atoms with Gasteiger partial charge in [-0.2, -0.15) is 0 Å². The molecule has 0 fully saturated rings. The van der Waals surface area contributed by atoms with E-state index in [0.717, 1.165) is 32.8 Å². The summed E-state index contributed by atoms with van der Waals surface area (Å²) in [5.41, 5.74) is 0. The minimum absolute atomic E-state index is 0.790. The van der Waals surface area contributed by atoms with Gasteiger partial charge in [-0.1, -0.05) is 0 Å². The van der Waals surface area contributed by atoms with Crippen molar-refractivity contribution >= 4 is 36.7 Å². The second kappa shape index (κ2) is 4.27. The van der Waals surface area contributed by atoms with Crippen LogP contribution in [-0.4, -0.2) is 22.6 Å². The lowest BCUT2D eigenvalue weighted by molar-refractivity contribution is 1.14. The van der Waals surface area contributed by atoms with E-state index in [4.69, 9.17) is 0 Å². The van der Waals surface area contributed by atoms with Crippen LogP contribution in [0.15, 0.2) is 34.3 Å². The summed E-state index contributed by atoms with van der Waals surface area (Å²) in [6.07, 6.45) is 6.78. The van der Waals surface area contributed by atoms with E-state index in [0.29, 0.717) is 0 Å². The molecule has 0 saturated carbocycles. The normalized spacial score (nSPS) is 16.0. The van der Waals surface area contributed by atoms with Crippen molar-refractivity contribution < 1.29 is 0 Å². The molecule has 0 saturated heterocycles. The van der Waals surface area contributed by atoms with Crippen molar-refractivity contribution in [1.29, 1.82) is 0 Å². The first-order chi connectivity index (χ1) is 9.90. The van der Waals surface area contributed by atoms with Gasteiger partial charge in [-0.05, 0) is 24.3 Å². The molecule has 0 aromatic carbocycles. The van der Waals surface area contributed by atoms with Crippen LogP contribution in [0.5, 0.6) is 0 Å². The van der Waals surface area contributed by atoms with Crippen LogP contribution in [0.3, 0.4) is 0 Å². The number of nitrogens with one attached hydrogen (secondary N) is 2. The number of hydrogen-bond donors (Lipinski definition) is 2. The third-order valence-electron chi connectivity index (χ3n) is 3.09. The Balaban J connectivity index is 2.01. The standard InChI is InChI=1S/C14H10N6/c1-3-11(19-13-9(1)5-15-7-17-13)12-4-2-10-6-16-8-18-14(10)20-12/h1-8H,(H,15,17,19)(H,16,18,20). The van der Waals surface area contributed by atoms with E-state index in [1.807, 2.05) is 24.3 Å². The summed E-state index contributed by atoms with van der Waals surface area (Å²) in [5.74, 6) is 1.58. The molecule has 2 N–H and O–H groups in total. The molecule has 2 aromatic rings. The van der Waals surface area contributed by atoms with Gasteiger partial charge in [0.25, 0.3) is 0 Å². The predicted molar refractivity (Wildman–Crippen MR) is 78.6 cm³/mol. The molecular formula is C14H10N6. The van der Waals surface area contributed by atoms with Gasteiger partial charge in [0.05, 0.1) is 23.4 Å². The van der Waals surface area contributed by atoms with Crippen LogP contribution in [0.25, 0.3) is 12.4 Å². The topological polar surface area (TPSA) is 74.6 Å². The maximum absolute atomic E-state index is 4.56. The van der Waals surface area contributed by atoms with Crippen LogP contribution in [0.1, 0.15) is 0 Å². The molecule has 2 aliphatic rings. The van der Waals surface area contributed by atoms with Crippen LogP contribution < -0.4 is 21.1 Å². The Hall–Kier alpha value is -3.02. The van der Waals surface area contributed by atoms with E-state index < -0.39 is 0 Å². The van der Waals surface area contributed by atoms with Crippen LogP contribution in [0.4, 0.5) is 11.6 Å². The molecule has 20 heavy (non-hydrogen) atoms. The van der Waals surface area contributed by atoms with E-state index in [2.05, 4.69) is 30.6 Å². The number of fused-ring (bicyclic) bond motifs is 2. The fourth-order valence-electron chi connectivity index (χ4n) is 2.10. The van der Waals surface area contributed by atoms with E-state index in [1.165, 1.54) is 0 Å². The molecule has 0 amide bonds. The highest BCUT2D eigenvalue weighted by atomic mass is 15.0. The van der Waals surface area contributed by atoms with Crippen molar-refractivity contribution in [2.75, 3.05) is 10.6 Å². The Morgan fingerprint density at radius 1 is 0.650 bits per heavy atom. The summed E-state index contributed by atoms with van der Waals surface area (Å²) in [5, 5.41) is 9.62. The molecule has 0 atom stereocenters. The van der Waals surface area contributed by atoms with Crippen molar-refractivity contribution in [2.24, 2.45) is 9.98 Å². The maximum atomic E-state index is 4.56. The molecule has 0 unspecified atom stereocenters. The third kappa shape index (κ3) is 1.74. The summed E-state index contributed by atoms with van der Waals surface area (Å²) in [6.45, 7) is 0. The van der Waals surface area contributed by atoms with Gasteiger partial charge in [0.2, 0.25) is 0 Å². The molecule has 2 aliphatic heterocycles. The number of aliphatic imine (C=N–C) groups is 2. The smallest absolute Gasteiger partial charge is 0.140 e. The van der Waals surface area contributed by atoms with Gasteiger partial charge >= 0.3 is 0 Å². The number of rotatable bonds is 0. The fourth-order valence-corrected chi connectivity index (χ4v) is 2.10. The first kappa shape index (κ1) is 10.9. The summed E-state index contributed by atoms with van der Waals surface area (Å²) in [7, 11) is 0. The highest BCUT2D eigenvalue weighted by Gasteiger charge is 2.01. The molecule has 96 valence electrons.